The lowest BCUT2D eigenvalue weighted by Gasteiger charge is -2.29. The summed E-state index contributed by atoms with van der Waals surface area (Å²) in [7, 11) is 1.67. The molecule has 0 saturated heterocycles. The highest BCUT2D eigenvalue weighted by Crippen LogP contribution is 2.21. The summed E-state index contributed by atoms with van der Waals surface area (Å²) in [5, 5.41) is 3.27. The Morgan fingerprint density at radius 3 is 2.77 bits per heavy atom. The molecule has 78 valence electrons. The number of alkyl halides is 1. The van der Waals surface area contributed by atoms with Crippen molar-refractivity contribution in [1.82, 2.24) is 5.32 Å². The smallest absolute Gasteiger partial charge is 0.115 e. The maximum atomic E-state index is 13.3. The third-order valence-electron chi connectivity index (χ3n) is 2.60. The van der Waals surface area contributed by atoms with E-state index in [1.54, 1.807) is 7.11 Å². The molecular weight excluding hydrogens is 169 g/mol. The molecule has 0 bridgehead atoms. The van der Waals surface area contributed by atoms with Crippen molar-refractivity contribution in [3.63, 3.8) is 0 Å². The fraction of sp³-hybridized carbons (Fsp3) is 1.00. The Hall–Kier alpha value is -0.150. The molecule has 1 N–H and O–H groups in total. The van der Waals surface area contributed by atoms with Crippen LogP contribution in [0.2, 0.25) is 0 Å². The molecule has 0 heterocycles. The number of methoxy groups -OCH3 is 1. The summed E-state index contributed by atoms with van der Waals surface area (Å²) in [4.78, 5) is 0. The molecule has 0 aromatic heterocycles. The quantitative estimate of drug-likeness (QED) is 0.729. The summed E-state index contributed by atoms with van der Waals surface area (Å²) in [5.74, 6) is 0. The van der Waals surface area contributed by atoms with Crippen LogP contribution in [0.3, 0.4) is 0 Å². The van der Waals surface area contributed by atoms with Crippen molar-refractivity contribution in [2.75, 3.05) is 13.7 Å². The van der Waals surface area contributed by atoms with Gasteiger partial charge in [0.2, 0.25) is 0 Å². The first-order chi connectivity index (χ1) is 6.24. The van der Waals surface area contributed by atoms with Gasteiger partial charge in [0.15, 0.2) is 0 Å². The van der Waals surface area contributed by atoms with Crippen LogP contribution in [0.25, 0.3) is 0 Å². The van der Waals surface area contributed by atoms with E-state index in [0.29, 0.717) is 6.61 Å². The van der Waals surface area contributed by atoms with Gasteiger partial charge in [-0.3, -0.25) is 0 Å². The Labute approximate surface area is 79.8 Å². The van der Waals surface area contributed by atoms with Gasteiger partial charge in [-0.1, -0.05) is 12.8 Å². The molecule has 1 aliphatic rings. The van der Waals surface area contributed by atoms with Crippen molar-refractivity contribution in [2.24, 2.45) is 0 Å². The first-order valence-electron chi connectivity index (χ1n) is 5.13. The second-order valence-corrected chi connectivity index (χ2v) is 3.93. The van der Waals surface area contributed by atoms with Crippen molar-refractivity contribution in [3.8, 4) is 0 Å². The van der Waals surface area contributed by atoms with Gasteiger partial charge in [0.25, 0.3) is 0 Å². The zero-order chi connectivity index (χ0) is 9.68. The van der Waals surface area contributed by atoms with E-state index in [1.165, 1.54) is 0 Å². The predicted octanol–water partition coefficient (Wildman–Crippen LogP) is 1.89. The summed E-state index contributed by atoms with van der Waals surface area (Å²) in [6.07, 6.45) is 3.22. The molecular formula is C10H20FNO. The highest BCUT2D eigenvalue weighted by atomic mass is 19.1. The first kappa shape index (κ1) is 10.9. The number of hydrogen-bond donors (Lipinski definition) is 1. The lowest BCUT2D eigenvalue weighted by molar-refractivity contribution is 0.135. The number of hydrogen-bond acceptors (Lipinski definition) is 2. The lowest BCUT2D eigenvalue weighted by atomic mass is 9.93. The number of ether oxygens (including phenoxy) is 1. The van der Waals surface area contributed by atoms with Crippen LogP contribution in [0.4, 0.5) is 4.39 Å². The Morgan fingerprint density at radius 2 is 2.15 bits per heavy atom. The van der Waals surface area contributed by atoms with Crippen molar-refractivity contribution in [2.45, 2.75) is 50.9 Å². The van der Waals surface area contributed by atoms with Crippen LogP contribution >= 0.6 is 0 Å². The summed E-state index contributed by atoms with van der Waals surface area (Å²) in [5.41, 5.74) is 0. The van der Waals surface area contributed by atoms with Crippen LogP contribution in [0.1, 0.15) is 32.6 Å². The average molecular weight is 189 g/mol. The minimum Gasteiger partial charge on any atom is -0.383 e. The monoisotopic (exact) mass is 189 g/mol. The van der Waals surface area contributed by atoms with Gasteiger partial charge >= 0.3 is 0 Å². The zero-order valence-electron chi connectivity index (χ0n) is 8.55. The third kappa shape index (κ3) is 3.61. The van der Waals surface area contributed by atoms with E-state index in [0.717, 1.165) is 25.7 Å². The van der Waals surface area contributed by atoms with Gasteiger partial charge in [0, 0.05) is 19.2 Å². The van der Waals surface area contributed by atoms with E-state index < -0.39 is 6.17 Å². The van der Waals surface area contributed by atoms with Gasteiger partial charge in [0.05, 0.1) is 6.61 Å². The van der Waals surface area contributed by atoms with Gasteiger partial charge in [-0.15, -0.1) is 0 Å². The van der Waals surface area contributed by atoms with E-state index in [1.807, 2.05) is 6.92 Å². The molecule has 13 heavy (non-hydrogen) atoms. The van der Waals surface area contributed by atoms with Crippen molar-refractivity contribution in [3.05, 3.63) is 0 Å². The number of nitrogens with one attached hydrogen (secondary N) is 1. The second-order valence-electron chi connectivity index (χ2n) is 3.93. The molecule has 0 amide bonds. The second kappa shape index (κ2) is 5.55. The minimum absolute atomic E-state index is 0.0545. The topological polar surface area (TPSA) is 21.3 Å². The Balaban J connectivity index is 2.25. The van der Waals surface area contributed by atoms with Crippen LogP contribution in [-0.2, 0) is 4.74 Å². The molecule has 0 aromatic carbocycles. The highest BCUT2D eigenvalue weighted by molar-refractivity contribution is 4.82. The lowest BCUT2D eigenvalue weighted by Crippen LogP contribution is -2.45. The Bertz CT molecular complexity index is 143. The molecule has 1 saturated carbocycles. The van der Waals surface area contributed by atoms with Gasteiger partial charge in [-0.05, 0) is 19.8 Å². The fourth-order valence-corrected chi connectivity index (χ4v) is 1.94. The van der Waals surface area contributed by atoms with Crippen LogP contribution < -0.4 is 5.32 Å². The SMILES string of the molecule is COCC(C)N[C@@H]1CCCC[C@H]1F. The van der Waals surface area contributed by atoms with Crippen LogP contribution in [0, 0.1) is 0 Å². The Kier molecular flexibility index (Phi) is 4.67. The number of halogens is 1. The van der Waals surface area contributed by atoms with Gasteiger partial charge in [0.1, 0.15) is 6.17 Å². The maximum Gasteiger partial charge on any atom is 0.115 e. The molecule has 0 aliphatic heterocycles. The fourth-order valence-electron chi connectivity index (χ4n) is 1.94. The summed E-state index contributed by atoms with van der Waals surface area (Å²) in [6.45, 7) is 2.69. The average Bonchev–Trinajstić information content (AvgIpc) is 2.09. The predicted molar refractivity (Wildman–Crippen MR) is 51.6 cm³/mol. The molecule has 1 unspecified atom stereocenters. The highest BCUT2D eigenvalue weighted by Gasteiger charge is 2.25. The molecule has 2 nitrogen and oxygen atoms in total. The van der Waals surface area contributed by atoms with E-state index in [2.05, 4.69) is 5.32 Å². The van der Waals surface area contributed by atoms with E-state index >= 15 is 0 Å². The molecule has 0 aromatic rings. The number of rotatable bonds is 4. The van der Waals surface area contributed by atoms with E-state index in [9.17, 15) is 4.39 Å². The van der Waals surface area contributed by atoms with Gasteiger partial charge < -0.3 is 10.1 Å². The maximum absolute atomic E-state index is 13.3. The third-order valence-corrected chi connectivity index (χ3v) is 2.60. The van der Waals surface area contributed by atoms with Crippen molar-refractivity contribution < 1.29 is 9.13 Å². The van der Waals surface area contributed by atoms with Crippen LogP contribution in [0.15, 0.2) is 0 Å². The van der Waals surface area contributed by atoms with E-state index in [4.69, 9.17) is 4.74 Å². The van der Waals surface area contributed by atoms with Gasteiger partial charge in [-0.2, -0.15) is 0 Å². The molecule has 1 rings (SSSR count). The van der Waals surface area contributed by atoms with Crippen molar-refractivity contribution >= 4 is 0 Å². The minimum atomic E-state index is -0.659. The first-order valence-corrected chi connectivity index (χ1v) is 5.13. The zero-order valence-corrected chi connectivity index (χ0v) is 8.55. The summed E-state index contributed by atoms with van der Waals surface area (Å²) >= 11 is 0. The largest absolute Gasteiger partial charge is 0.383 e. The Morgan fingerprint density at radius 1 is 1.46 bits per heavy atom. The molecule has 3 atom stereocenters. The molecule has 0 spiro atoms. The van der Waals surface area contributed by atoms with Gasteiger partial charge in [-0.25, -0.2) is 4.39 Å². The molecule has 3 heteroatoms. The standard InChI is InChI=1S/C10H20FNO/c1-8(7-13-2)12-10-6-4-3-5-9(10)11/h8-10,12H,3-7H2,1-2H3/t8?,9-,10-/m1/s1. The van der Waals surface area contributed by atoms with Crippen LogP contribution in [0.5, 0.6) is 0 Å². The van der Waals surface area contributed by atoms with Crippen LogP contribution in [-0.4, -0.2) is 32.0 Å². The summed E-state index contributed by atoms with van der Waals surface area (Å²) in [6, 6.07) is 0.310. The molecule has 1 aliphatic carbocycles. The van der Waals surface area contributed by atoms with Crippen molar-refractivity contribution in [1.29, 1.82) is 0 Å². The molecule has 0 radical (unpaired) electrons. The summed E-state index contributed by atoms with van der Waals surface area (Å²) < 4.78 is 18.3. The van der Waals surface area contributed by atoms with E-state index in [-0.39, 0.29) is 12.1 Å². The molecule has 1 fully saturated rings. The normalized spacial score (nSPS) is 31.6.